The monoisotopic (exact) mass is 651 g/mol. The fourth-order valence-corrected chi connectivity index (χ4v) is 7.01. The molecule has 0 spiro atoms. The van der Waals surface area contributed by atoms with Crippen molar-refractivity contribution in [3.8, 4) is 11.5 Å². The van der Waals surface area contributed by atoms with Crippen LogP contribution in [0.25, 0.3) is 0 Å². The van der Waals surface area contributed by atoms with Crippen molar-refractivity contribution in [2.45, 2.75) is 35.8 Å². The summed E-state index contributed by atoms with van der Waals surface area (Å²) >= 11 is 5.94. The summed E-state index contributed by atoms with van der Waals surface area (Å²) in [6.07, 6.45) is -0.820. The quantitative estimate of drug-likeness (QED) is 0.338. The Morgan fingerprint density at radius 1 is 1.07 bits per heavy atom. The van der Waals surface area contributed by atoms with E-state index in [1.54, 1.807) is 13.8 Å². The maximum Gasteiger partial charge on any atom is 0.262 e. The molecule has 3 aromatic carbocycles. The van der Waals surface area contributed by atoms with Crippen LogP contribution in [0.2, 0.25) is 5.02 Å². The highest BCUT2D eigenvalue weighted by Gasteiger charge is 2.36. The number of hydrogen-bond donors (Lipinski definition) is 2. The van der Waals surface area contributed by atoms with Gasteiger partial charge in [0, 0.05) is 24.5 Å². The number of anilines is 1. The van der Waals surface area contributed by atoms with E-state index in [0.717, 1.165) is 4.31 Å². The minimum Gasteiger partial charge on any atom is -0.497 e. The number of aliphatic hydroxyl groups excluding tert-OH is 1. The number of carbonyl (C=O) groups excluding carboxylic acids is 1. The molecule has 1 amide bonds. The van der Waals surface area contributed by atoms with Gasteiger partial charge in [-0.1, -0.05) is 24.6 Å². The van der Waals surface area contributed by atoms with Crippen LogP contribution in [-0.2, 0) is 20.0 Å². The maximum atomic E-state index is 13.7. The molecule has 0 aliphatic carbocycles. The number of carbonyl (C=O) groups is 1. The minimum atomic E-state index is -4.13. The number of rotatable bonds is 10. The van der Waals surface area contributed by atoms with Crippen molar-refractivity contribution < 1.29 is 36.2 Å². The van der Waals surface area contributed by atoms with E-state index in [9.17, 15) is 26.7 Å². The Labute approximate surface area is 257 Å². The average molecular weight is 652 g/mol. The van der Waals surface area contributed by atoms with E-state index in [4.69, 9.17) is 21.1 Å². The summed E-state index contributed by atoms with van der Waals surface area (Å²) in [5, 5.41) is 10.3. The predicted molar refractivity (Wildman–Crippen MR) is 163 cm³/mol. The highest BCUT2D eigenvalue weighted by Crippen LogP contribution is 2.36. The zero-order valence-electron chi connectivity index (χ0n) is 24.1. The second kappa shape index (κ2) is 13.1. The number of sulfonamides is 2. The second-order valence-electron chi connectivity index (χ2n) is 10.3. The molecule has 3 atom stereocenters. The number of halogens is 1. The van der Waals surface area contributed by atoms with Crippen LogP contribution in [0.1, 0.15) is 24.2 Å². The summed E-state index contributed by atoms with van der Waals surface area (Å²) in [6.45, 7) is 3.21. The maximum absolute atomic E-state index is 13.7. The van der Waals surface area contributed by atoms with E-state index in [-0.39, 0.29) is 46.5 Å². The molecule has 2 N–H and O–H groups in total. The molecule has 0 fully saturated rings. The molecule has 1 aliphatic rings. The smallest absolute Gasteiger partial charge is 0.262 e. The molecule has 0 saturated heterocycles. The third kappa shape index (κ3) is 7.07. The number of benzene rings is 3. The van der Waals surface area contributed by atoms with E-state index in [2.05, 4.69) is 4.72 Å². The molecule has 0 bridgehead atoms. The van der Waals surface area contributed by atoms with Gasteiger partial charge in [0.25, 0.3) is 15.9 Å². The molecule has 3 aromatic rings. The first-order valence-electron chi connectivity index (χ1n) is 13.4. The third-order valence-corrected chi connectivity index (χ3v) is 10.7. The Balaban J connectivity index is 1.75. The molecule has 0 radical (unpaired) electrons. The molecule has 4 rings (SSSR count). The molecule has 0 aromatic heterocycles. The highest BCUT2D eigenvalue weighted by molar-refractivity contribution is 7.92. The van der Waals surface area contributed by atoms with Crippen LogP contribution in [0.3, 0.4) is 0 Å². The number of likely N-dealkylation sites (N-methyl/N-ethyl adjacent to an activating group) is 1. The SMILES string of the molecule is COc1ccc(S(=O)(=O)Nc2cccc3c2O[C@H](CN(C)S(=O)(=O)c2ccc(Cl)cc2)[C@H](C)CN([C@@H](C)CO)C3=O)cc1. The first-order chi connectivity index (χ1) is 20.3. The largest absolute Gasteiger partial charge is 0.497 e. The fraction of sp³-hybridized carbons (Fsp3) is 0.345. The number of fused-ring (bicyclic) bond motifs is 1. The van der Waals surface area contributed by atoms with Gasteiger partial charge in [-0.05, 0) is 67.6 Å². The lowest BCUT2D eigenvalue weighted by Gasteiger charge is -2.38. The predicted octanol–water partition coefficient (Wildman–Crippen LogP) is 3.69. The Morgan fingerprint density at radius 2 is 1.70 bits per heavy atom. The minimum absolute atomic E-state index is 0.000538. The number of methoxy groups -OCH3 is 1. The number of amides is 1. The summed E-state index contributed by atoms with van der Waals surface area (Å²) in [5.41, 5.74) is 0.0657. The first kappa shape index (κ1) is 32.6. The first-order valence-corrected chi connectivity index (χ1v) is 16.7. The van der Waals surface area contributed by atoms with Gasteiger partial charge in [-0.3, -0.25) is 9.52 Å². The summed E-state index contributed by atoms with van der Waals surface area (Å²) in [7, 11) is -5.20. The zero-order valence-corrected chi connectivity index (χ0v) is 26.5. The van der Waals surface area contributed by atoms with E-state index in [1.165, 1.54) is 85.8 Å². The van der Waals surface area contributed by atoms with Crippen LogP contribution in [-0.4, -0.2) is 83.1 Å². The van der Waals surface area contributed by atoms with E-state index in [0.29, 0.717) is 10.8 Å². The third-order valence-electron chi connectivity index (χ3n) is 7.26. The van der Waals surface area contributed by atoms with Crippen molar-refractivity contribution in [2.75, 3.05) is 38.6 Å². The number of ether oxygens (including phenoxy) is 2. The standard InChI is InChI=1S/C29H34ClN3O8S2/c1-19-16-33(20(2)18-34)29(35)25-6-5-7-26(31-42(36,37)23-14-10-22(40-4)11-15-23)28(25)41-27(19)17-32(3)43(38,39)24-12-8-21(30)9-13-24/h5-15,19-20,27,31,34H,16-18H2,1-4H3/t19-,20+,27-/m1/s1. The van der Waals surface area contributed by atoms with Crippen LogP contribution in [0.5, 0.6) is 11.5 Å². The van der Waals surface area contributed by atoms with Gasteiger partial charge in [0.1, 0.15) is 11.9 Å². The van der Waals surface area contributed by atoms with Crippen LogP contribution in [0.4, 0.5) is 5.69 Å². The van der Waals surface area contributed by atoms with Crippen molar-refractivity contribution >= 4 is 43.2 Å². The number of para-hydroxylation sites is 1. The molecule has 0 unspecified atom stereocenters. The topological polar surface area (TPSA) is 143 Å². The molecule has 14 heteroatoms. The fourth-order valence-electron chi connectivity index (χ4n) is 4.64. The van der Waals surface area contributed by atoms with Crippen molar-refractivity contribution in [2.24, 2.45) is 5.92 Å². The van der Waals surface area contributed by atoms with Crippen molar-refractivity contribution in [1.29, 1.82) is 0 Å². The molecular formula is C29H34ClN3O8S2. The molecule has 43 heavy (non-hydrogen) atoms. The summed E-state index contributed by atoms with van der Waals surface area (Å²) < 4.78 is 68.6. The zero-order chi connectivity index (χ0) is 31.5. The lowest BCUT2D eigenvalue weighted by atomic mass is 9.99. The van der Waals surface area contributed by atoms with Crippen molar-refractivity contribution in [3.05, 3.63) is 77.3 Å². The van der Waals surface area contributed by atoms with Gasteiger partial charge in [-0.2, -0.15) is 4.31 Å². The Kier molecular flexibility index (Phi) is 9.92. The molecular weight excluding hydrogens is 618 g/mol. The lowest BCUT2D eigenvalue weighted by molar-refractivity contribution is 0.0389. The number of aliphatic hydroxyl groups is 1. The van der Waals surface area contributed by atoms with Crippen molar-refractivity contribution in [3.63, 3.8) is 0 Å². The molecule has 1 aliphatic heterocycles. The van der Waals surface area contributed by atoms with Gasteiger partial charge in [0.2, 0.25) is 10.0 Å². The molecule has 232 valence electrons. The van der Waals surface area contributed by atoms with Gasteiger partial charge in [0.15, 0.2) is 5.75 Å². The van der Waals surface area contributed by atoms with Crippen molar-refractivity contribution in [1.82, 2.24) is 9.21 Å². The molecule has 11 nitrogen and oxygen atoms in total. The molecule has 1 heterocycles. The van der Waals surface area contributed by atoms with Gasteiger partial charge in [-0.25, -0.2) is 16.8 Å². The van der Waals surface area contributed by atoms with Crippen LogP contribution < -0.4 is 14.2 Å². The Morgan fingerprint density at radius 3 is 2.30 bits per heavy atom. The average Bonchev–Trinajstić information content (AvgIpc) is 2.98. The Bertz CT molecular complexity index is 1670. The highest BCUT2D eigenvalue weighted by atomic mass is 35.5. The summed E-state index contributed by atoms with van der Waals surface area (Å²) in [4.78, 5) is 15.2. The van der Waals surface area contributed by atoms with Gasteiger partial charge < -0.3 is 19.5 Å². The van der Waals surface area contributed by atoms with E-state index < -0.39 is 44.0 Å². The second-order valence-corrected chi connectivity index (χ2v) is 14.5. The normalized spacial score (nSPS) is 18.3. The van der Waals surface area contributed by atoms with E-state index in [1.807, 2.05) is 0 Å². The number of nitrogens with zero attached hydrogens (tertiary/aromatic N) is 2. The summed E-state index contributed by atoms with van der Waals surface area (Å²) in [6, 6.07) is 15.5. The van der Waals surface area contributed by atoms with Gasteiger partial charge >= 0.3 is 0 Å². The summed E-state index contributed by atoms with van der Waals surface area (Å²) in [5.74, 6) is -0.464. The number of hydrogen-bond acceptors (Lipinski definition) is 8. The van der Waals surface area contributed by atoms with Crippen LogP contribution >= 0.6 is 11.6 Å². The number of nitrogens with one attached hydrogen (secondary N) is 1. The molecule has 0 saturated carbocycles. The lowest BCUT2D eigenvalue weighted by Crippen LogP contribution is -2.50. The van der Waals surface area contributed by atoms with Crippen LogP contribution in [0, 0.1) is 5.92 Å². The van der Waals surface area contributed by atoms with E-state index >= 15 is 0 Å². The van der Waals surface area contributed by atoms with Crippen LogP contribution in [0.15, 0.2) is 76.5 Å². The van der Waals surface area contributed by atoms with Gasteiger partial charge in [0.05, 0.1) is 47.3 Å². The van der Waals surface area contributed by atoms with Gasteiger partial charge in [-0.15, -0.1) is 0 Å². The Hall–Kier alpha value is -3.36.